The molecule has 0 nitrogen and oxygen atoms in total. The van der Waals surface area contributed by atoms with Crippen molar-refractivity contribution in [2.24, 2.45) is 0 Å². The van der Waals surface area contributed by atoms with Gasteiger partial charge < -0.3 is 6.58 Å². The standard InChI is InChI=1S/C4H7.U.V/c1-4(2)3;;/h1H,2-3H3;;/q-1;;. The maximum atomic E-state index is 5.03. The van der Waals surface area contributed by atoms with E-state index >= 15 is 0 Å². The van der Waals surface area contributed by atoms with Crippen molar-refractivity contribution in [3.63, 3.8) is 0 Å². The Morgan fingerprint density at radius 3 is 1.33 bits per heavy atom. The molecule has 6 heavy (non-hydrogen) atoms. The van der Waals surface area contributed by atoms with Crippen molar-refractivity contribution in [3.05, 3.63) is 12.2 Å². The number of hydrogen-bond donors (Lipinski definition) is 0. The maximum Gasteiger partial charge on any atom is 0 e. The molecule has 0 heterocycles. The SMILES string of the molecule is [CH-]=C(C)C.[U].[V]. The summed E-state index contributed by atoms with van der Waals surface area (Å²) < 4.78 is 0. The number of hydrogen-bond acceptors (Lipinski definition) is 0. The molecule has 2 heteroatoms. The largest absolute Gasteiger partial charge is 0.515 e. The van der Waals surface area contributed by atoms with E-state index < -0.39 is 0 Å². The van der Waals surface area contributed by atoms with Crippen LogP contribution >= 0.6 is 0 Å². The van der Waals surface area contributed by atoms with E-state index in [1.54, 1.807) is 0 Å². The molecule has 0 aromatic heterocycles. The van der Waals surface area contributed by atoms with Crippen LogP contribution < -0.4 is 0 Å². The average molecular weight is 344 g/mol. The fraction of sp³-hybridized carbons (Fsp3) is 0.500. The second-order valence-corrected chi connectivity index (χ2v) is 1.08. The minimum absolute atomic E-state index is 0. The van der Waals surface area contributed by atoms with Gasteiger partial charge in [0.05, 0.1) is 0 Å². The van der Waals surface area contributed by atoms with Gasteiger partial charge in [0.25, 0.3) is 0 Å². The summed E-state index contributed by atoms with van der Waals surface area (Å²) in [6.07, 6.45) is 0. The van der Waals surface area contributed by atoms with Crippen LogP contribution in [-0.4, -0.2) is 0 Å². The van der Waals surface area contributed by atoms with E-state index in [9.17, 15) is 0 Å². The fourth-order valence-electron chi connectivity index (χ4n) is 0. The molecule has 0 aliphatic rings. The van der Waals surface area contributed by atoms with E-state index in [2.05, 4.69) is 0 Å². The Balaban J connectivity index is -0.0000000450. The van der Waals surface area contributed by atoms with E-state index in [-0.39, 0.29) is 49.7 Å². The minimum atomic E-state index is 0. The van der Waals surface area contributed by atoms with Crippen LogP contribution in [0.2, 0.25) is 0 Å². The molecule has 0 unspecified atom stereocenters. The van der Waals surface area contributed by atoms with Crippen molar-refractivity contribution in [1.82, 2.24) is 0 Å². The normalized spacial score (nSPS) is 4.33. The van der Waals surface area contributed by atoms with Gasteiger partial charge in [-0.1, -0.05) is 13.8 Å². The van der Waals surface area contributed by atoms with E-state index in [0.717, 1.165) is 5.57 Å². The van der Waals surface area contributed by atoms with Crippen LogP contribution in [0, 0.1) is 37.7 Å². The Bertz CT molecular complexity index is 30.5. The van der Waals surface area contributed by atoms with E-state index in [1.165, 1.54) is 0 Å². The molecule has 0 aromatic carbocycles. The zero-order valence-electron chi connectivity index (χ0n) is 4.02. The molecule has 0 saturated heterocycles. The smallest absolute Gasteiger partial charge is 0 e. The second kappa shape index (κ2) is 9.62. The van der Waals surface area contributed by atoms with Crippen LogP contribution in [-0.2, 0) is 18.6 Å². The average Bonchev–Trinajstić information content (AvgIpc) is 0.811. The van der Waals surface area contributed by atoms with Gasteiger partial charge in [0.1, 0.15) is 0 Å². The van der Waals surface area contributed by atoms with Gasteiger partial charge in [-0.05, 0) is 0 Å². The molecule has 0 aliphatic heterocycles. The van der Waals surface area contributed by atoms with Gasteiger partial charge >= 0.3 is 0 Å². The first kappa shape index (κ1) is 15.7. The van der Waals surface area contributed by atoms with Gasteiger partial charge in [0, 0.05) is 49.7 Å². The zero-order chi connectivity index (χ0) is 3.58. The van der Waals surface area contributed by atoms with Gasteiger partial charge in [-0.15, -0.1) is 0 Å². The Hall–Kier alpha value is 1.38. The molecule has 0 saturated carbocycles. The topological polar surface area (TPSA) is 0 Å². The summed E-state index contributed by atoms with van der Waals surface area (Å²) in [7, 11) is 0. The van der Waals surface area contributed by atoms with Crippen LogP contribution in [0.15, 0.2) is 5.57 Å². The Labute approximate surface area is 75.0 Å². The number of rotatable bonds is 0. The van der Waals surface area contributed by atoms with Gasteiger partial charge in [-0.3, -0.25) is 5.57 Å². The summed E-state index contributed by atoms with van der Waals surface area (Å²) in [5, 5.41) is 0. The van der Waals surface area contributed by atoms with Crippen molar-refractivity contribution >= 4 is 0 Å². The maximum absolute atomic E-state index is 5.03. The number of allylic oxidation sites excluding steroid dienone is 1. The van der Waals surface area contributed by atoms with Crippen molar-refractivity contribution in [2.75, 3.05) is 0 Å². The summed E-state index contributed by atoms with van der Waals surface area (Å²) in [6, 6.07) is 0. The molecule has 0 spiro atoms. The summed E-state index contributed by atoms with van der Waals surface area (Å²) in [6.45, 7) is 8.75. The fourth-order valence-corrected chi connectivity index (χ4v) is 0. The Morgan fingerprint density at radius 2 is 1.33 bits per heavy atom. The molecule has 33 valence electrons. The third-order valence-corrected chi connectivity index (χ3v) is 0. The Morgan fingerprint density at radius 1 is 1.33 bits per heavy atom. The molecular formula is C4H7UV-. The molecule has 0 atom stereocenters. The van der Waals surface area contributed by atoms with Gasteiger partial charge in [-0.2, -0.15) is 0 Å². The predicted molar refractivity (Wildman–Crippen MR) is 19.2 cm³/mol. The molecule has 0 aliphatic carbocycles. The van der Waals surface area contributed by atoms with E-state index in [0.29, 0.717) is 0 Å². The molecule has 0 amide bonds. The van der Waals surface area contributed by atoms with Gasteiger partial charge in [0.2, 0.25) is 0 Å². The Kier molecular flexibility index (Phi) is 25.1. The molecule has 0 bridgehead atoms. The van der Waals surface area contributed by atoms with Crippen molar-refractivity contribution in [1.29, 1.82) is 0 Å². The van der Waals surface area contributed by atoms with Crippen LogP contribution in [0.5, 0.6) is 0 Å². The molecule has 1 radical (unpaired) electrons. The monoisotopic (exact) mass is 344 g/mol. The molecule has 0 aromatic rings. The van der Waals surface area contributed by atoms with Crippen molar-refractivity contribution < 1.29 is 49.7 Å². The molecule has 0 rings (SSSR count). The third-order valence-electron chi connectivity index (χ3n) is 0. The molecular weight excluding hydrogens is 337 g/mol. The summed E-state index contributed by atoms with van der Waals surface area (Å²) in [5.41, 5.74) is 0.917. The zero-order valence-corrected chi connectivity index (χ0v) is 9.58. The van der Waals surface area contributed by atoms with Crippen LogP contribution in [0.4, 0.5) is 0 Å². The third kappa shape index (κ3) is 54.4. The first-order valence-electron chi connectivity index (χ1n) is 1.29. The quantitative estimate of drug-likeness (QED) is 0.583. The van der Waals surface area contributed by atoms with Crippen LogP contribution in [0.25, 0.3) is 0 Å². The second-order valence-electron chi connectivity index (χ2n) is 1.08. The predicted octanol–water partition coefficient (Wildman–Crippen LogP) is 1.38. The van der Waals surface area contributed by atoms with Crippen molar-refractivity contribution in [2.45, 2.75) is 13.8 Å². The van der Waals surface area contributed by atoms with Crippen LogP contribution in [0.3, 0.4) is 0 Å². The minimum Gasteiger partial charge on any atom is -0.515 e. The van der Waals surface area contributed by atoms with E-state index in [4.69, 9.17) is 6.58 Å². The summed E-state index contributed by atoms with van der Waals surface area (Å²) in [5.74, 6) is 0. The molecule has 0 N–H and O–H groups in total. The van der Waals surface area contributed by atoms with Crippen molar-refractivity contribution in [3.8, 4) is 0 Å². The first-order valence-corrected chi connectivity index (χ1v) is 1.29. The molecule has 0 fully saturated rings. The van der Waals surface area contributed by atoms with Gasteiger partial charge in [-0.25, -0.2) is 0 Å². The first-order chi connectivity index (χ1) is 1.73. The van der Waals surface area contributed by atoms with Crippen LogP contribution in [0.1, 0.15) is 13.8 Å². The van der Waals surface area contributed by atoms with Gasteiger partial charge in [0.15, 0.2) is 0 Å². The summed E-state index contributed by atoms with van der Waals surface area (Å²) >= 11 is 0. The van der Waals surface area contributed by atoms with E-state index in [1.807, 2.05) is 13.8 Å². The summed E-state index contributed by atoms with van der Waals surface area (Å²) in [4.78, 5) is 0.